The summed E-state index contributed by atoms with van der Waals surface area (Å²) in [6, 6.07) is 22.3. The van der Waals surface area contributed by atoms with Gasteiger partial charge in [-0.2, -0.15) is 0 Å². The average Bonchev–Trinajstić information content (AvgIpc) is 3.29. The molecule has 4 rings (SSSR count). The van der Waals surface area contributed by atoms with Crippen molar-refractivity contribution in [3.63, 3.8) is 0 Å². The highest BCUT2D eigenvalue weighted by Crippen LogP contribution is 2.23. The Hall–Kier alpha value is -3.80. The highest BCUT2D eigenvalue weighted by atomic mass is 16.5. The maximum Gasteiger partial charge on any atom is 0.224 e. The number of amides is 1. The first-order chi connectivity index (χ1) is 19.0. The van der Waals surface area contributed by atoms with E-state index in [1.54, 1.807) is 7.11 Å². The number of aryl methyl sites for hydroxylation is 4. The largest absolute Gasteiger partial charge is 0.497 e. The summed E-state index contributed by atoms with van der Waals surface area (Å²) in [6.45, 7) is 6.56. The van der Waals surface area contributed by atoms with Crippen molar-refractivity contribution in [1.82, 2.24) is 14.9 Å². The lowest BCUT2D eigenvalue weighted by Gasteiger charge is -2.13. The van der Waals surface area contributed by atoms with Gasteiger partial charge in [-0.15, -0.1) is 0 Å². The van der Waals surface area contributed by atoms with Crippen LogP contribution in [0, 0.1) is 13.8 Å². The van der Waals surface area contributed by atoms with Crippen molar-refractivity contribution in [2.24, 2.45) is 0 Å². The zero-order valence-corrected chi connectivity index (χ0v) is 23.5. The molecule has 206 valence electrons. The first-order valence-electron chi connectivity index (χ1n) is 14.1. The van der Waals surface area contributed by atoms with E-state index in [1.165, 1.54) is 16.6 Å². The number of ether oxygens (including phenoxy) is 2. The van der Waals surface area contributed by atoms with Gasteiger partial charge in [0.15, 0.2) is 0 Å². The molecule has 0 saturated heterocycles. The number of hydrogen-bond acceptors (Lipinski definition) is 4. The third-order valence-corrected chi connectivity index (χ3v) is 7.09. The second kappa shape index (κ2) is 14.4. The molecule has 0 bridgehead atoms. The molecule has 0 fully saturated rings. The van der Waals surface area contributed by atoms with Crippen LogP contribution in [0.15, 0.2) is 66.7 Å². The van der Waals surface area contributed by atoms with Gasteiger partial charge in [-0.05, 0) is 80.5 Å². The van der Waals surface area contributed by atoms with Crippen molar-refractivity contribution in [3.8, 4) is 11.5 Å². The highest BCUT2D eigenvalue weighted by Gasteiger charge is 2.11. The molecule has 0 saturated carbocycles. The van der Waals surface area contributed by atoms with Crippen LogP contribution in [0.2, 0.25) is 0 Å². The standard InChI is InChI=1S/C33H41N3O3/c1-25-12-11-13-26(2)33(25)39-23-10-9-22-36-30-15-7-6-14-29(30)35-31(36)16-5-4-8-21-34-32(37)24-27-17-19-28(38-3)20-18-27/h6-7,11-15,17-20H,4-5,8-10,16,21-24H2,1-3H3,(H,34,37). The number of imidazole rings is 1. The number of fused-ring (bicyclic) bond motifs is 1. The summed E-state index contributed by atoms with van der Waals surface area (Å²) >= 11 is 0. The quantitative estimate of drug-likeness (QED) is 0.177. The van der Waals surface area contributed by atoms with Crippen molar-refractivity contribution < 1.29 is 14.3 Å². The van der Waals surface area contributed by atoms with E-state index in [1.807, 2.05) is 24.3 Å². The van der Waals surface area contributed by atoms with Gasteiger partial charge >= 0.3 is 0 Å². The molecule has 3 aromatic carbocycles. The Morgan fingerprint density at radius 1 is 0.872 bits per heavy atom. The summed E-state index contributed by atoms with van der Waals surface area (Å²) in [7, 11) is 1.64. The number of nitrogens with zero attached hydrogens (tertiary/aromatic N) is 2. The molecule has 0 radical (unpaired) electrons. The second-order valence-corrected chi connectivity index (χ2v) is 10.1. The van der Waals surface area contributed by atoms with Crippen LogP contribution < -0.4 is 14.8 Å². The van der Waals surface area contributed by atoms with Crippen LogP contribution in [-0.4, -0.2) is 35.7 Å². The van der Waals surface area contributed by atoms with Crippen LogP contribution in [-0.2, 0) is 24.2 Å². The number of unbranched alkanes of at least 4 members (excludes halogenated alkanes) is 3. The average molecular weight is 528 g/mol. The van der Waals surface area contributed by atoms with Gasteiger partial charge in [-0.1, -0.05) is 48.9 Å². The topological polar surface area (TPSA) is 65.4 Å². The Morgan fingerprint density at radius 3 is 2.41 bits per heavy atom. The lowest BCUT2D eigenvalue weighted by molar-refractivity contribution is -0.120. The van der Waals surface area contributed by atoms with E-state index in [-0.39, 0.29) is 5.91 Å². The lowest BCUT2D eigenvalue weighted by Crippen LogP contribution is -2.26. The normalized spacial score (nSPS) is 11.1. The van der Waals surface area contributed by atoms with E-state index in [0.717, 1.165) is 80.1 Å². The Morgan fingerprint density at radius 2 is 1.64 bits per heavy atom. The van der Waals surface area contributed by atoms with Crippen molar-refractivity contribution in [2.45, 2.75) is 65.3 Å². The molecule has 1 heterocycles. The predicted octanol–water partition coefficient (Wildman–Crippen LogP) is 6.59. The number of nitrogens with one attached hydrogen (secondary N) is 1. The summed E-state index contributed by atoms with van der Waals surface area (Å²) in [6.07, 6.45) is 6.43. The molecule has 0 atom stereocenters. The summed E-state index contributed by atoms with van der Waals surface area (Å²) < 4.78 is 13.7. The van der Waals surface area contributed by atoms with Crippen LogP contribution in [0.1, 0.15) is 54.6 Å². The highest BCUT2D eigenvalue weighted by molar-refractivity contribution is 5.78. The van der Waals surface area contributed by atoms with Crippen LogP contribution in [0.3, 0.4) is 0 Å². The van der Waals surface area contributed by atoms with E-state index in [0.29, 0.717) is 13.0 Å². The van der Waals surface area contributed by atoms with E-state index in [2.05, 4.69) is 66.2 Å². The molecule has 4 aromatic rings. The first-order valence-corrected chi connectivity index (χ1v) is 14.1. The van der Waals surface area contributed by atoms with E-state index >= 15 is 0 Å². The zero-order valence-electron chi connectivity index (χ0n) is 23.5. The number of methoxy groups -OCH3 is 1. The number of para-hydroxylation sites is 3. The number of benzene rings is 3. The summed E-state index contributed by atoms with van der Waals surface area (Å²) in [5, 5.41) is 3.05. The van der Waals surface area contributed by atoms with Crippen LogP contribution in [0.25, 0.3) is 11.0 Å². The minimum Gasteiger partial charge on any atom is -0.497 e. The smallest absolute Gasteiger partial charge is 0.224 e. The van der Waals surface area contributed by atoms with Crippen molar-refractivity contribution in [3.05, 3.63) is 89.2 Å². The fraction of sp³-hybridized carbons (Fsp3) is 0.394. The van der Waals surface area contributed by atoms with E-state index < -0.39 is 0 Å². The lowest BCUT2D eigenvalue weighted by atomic mass is 10.1. The number of carbonyl (C=O) groups is 1. The minimum absolute atomic E-state index is 0.0588. The van der Waals surface area contributed by atoms with Gasteiger partial charge in [0, 0.05) is 19.5 Å². The Labute approximate surface area is 232 Å². The third kappa shape index (κ3) is 8.09. The Kier molecular flexibility index (Phi) is 10.4. The van der Waals surface area contributed by atoms with Gasteiger partial charge in [0.25, 0.3) is 0 Å². The Balaban J connectivity index is 1.19. The fourth-order valence-corrected chi connectivity index (χ4v) is 4.94. The third-order valence-electron chi connectivity index (χ3n) is 7.09. The molecular formula is C33H41N3O3. The maximum atomic E-state index is 12.3. The Bertz CT molecular complexity index is 1320. The van der Waals surface area contributed by atoms with Crippen molar-refractivity contribution >= 4 is 16.9 Å². The van der Waals surface area contributed by atoms with Crippen molar-refractivity contribution in [2.75, 3.05) is 20.3 Å². The van der Waals surface area contributed by atoms with Crippen LogP contribution in [0.4, 0.5) is 0 Å². The van der Waals surface area contributed by atoms with Crippen LogP contribution in [0.5, 0.6) is 11.5 Å². The van der Waals surface area contributed by atoms with Gasteiger partial charge in [-0.3, -0.25) is 4.79 Å². The van der Waals surface area contributed by atoms with Gasteiger partial charge in [0.1, 0.15) is 17.3 Å². The van der Waals surface area contributed by atoms with E-state index in [9.17, 15) is 4.79 Å². The minimum atomic E-state index is 0.0588. The number of carbonyl (C=O) groups excluding carboxylic acids is 1. The zero-order chi connectivity index (χ0) is 27.5. The molecule has 0 aliphatic carbocycles. The summed E-state index contributed by atoms with van der Waals surface area (Å²) in [4.78, 5) is 17.2. The second-order valence-electron chi connectivity index (χ2n) is 10.1. The van der Waals surface area contributed by atoms with Gasteiger partial charge in [0.2, 0.25) is 5.91 Å². The number of hydrogen-bond donors (Lipinski definition) is 1. The van der Waals surface area contributed by atoms with E-state index in [4.69, 9.17) is 14.5 Å². The SMILES string of the molecule is COc1ccc(CC(=O)NCCCCCc2nc3ccccc3n2CCCCOc2c(C)cccc2C)cc1. The van der Waals surface area contributed by atoms with Crippen molar-refractivity contribution in [1.29, 1.82) is 0 Å². The number of rotatable bonds is 15. The first kappa shape index (κ1) is 28.2. The van der Waals surface area contributed by atoms with Gasteiger partial charge in [-0.25, -0.2) is 4.98 Å². The maximum absolute atomic E-state index is 12.3. The van der Waals surface area contributed by atoms with Gasteiger partial charge < -0.3 is 19.4 Å². The summed E-state index contributed by atoms with van der Waals surface area (Å²) in [5.41, 5.74) is 5.63. The predicted molar refractivity (Wildman–Crippen MR) is 158 cm³/mol. The number of aromatic nitrogens is 2. The molecular weight excluding hydrogens is 486 g/mol. The molecule has 0 unspecified atom stereocenters. The van der Waals surface area contributed by atoms with Gasteiger partial charge in [0.05, 0.1) is 31.2 Å². The molecule has 1 aromatic heterocycles. The molecule has 0 aliphatic rings. The molecule has 1 amide bonds. The molecule has 1 N–H and O–H groups in total. The summed E-state index contributed by atoms with van der Waals surface area (Å²) in [5.74, 6) is 3.03. The molecule has 0 spiro atoms. The monoisotopic (exact) mass is 527 g/mol. The molecule has 39 heavy (non-hydrogen) atoms. The van der Waals surface area contributed by atoms with Crippen LogP contribution >= 0.6 is 0 Å². The fourth-order valence-electron chi connectivity index (χ4n) is 4.94. The molecule has 6 nitrogen and oxygen atoms in total. The molecule has 0 aliphatic heterocycles. The molecule has 6 heteroatoms.